The lowest BCUT2D eigenvalue weighted by molar-refractivity contribution is 0.0519. The molecule has 120 valence electrons. The number of benzene rings is 1. The summed E-state index contributed by atoms with van der Waals surface area (Å²) in [6.45, 7) is 6.74. The van der Waals surface area contributed by atoms with Crippen molar-refractivity contribution in [3.05, 3.63) is 35.7 Å². The Kier molecular flexibility index (Phi) is 4.19. The Labute approximate surface area is 134 Å². The highest BCUT2D eigenvalue weighted by molar-refractivity contribution is 6.13. The molecule has 0 bridgehead atoms. The minimum atomic E-state index is -0.395. The average Bonchev–Trinajstić information content (AvgIpc) is 2.93. The Morgan fingerprint density at radius 3 is 2.78 bits per heavy atom. The van der Waals surface area contributed by atoms with Crippen molar-refractivity contribution in [3.8, 4) is 5.75 Å². The van der Waals surface area contributed by atoms with E-state index in [1.807, 2.05) is 25.1 Å². The number of rotatable bonds is 5. The smallest absolute Gasteiger partial charge is 0.357 e. The highest BCUT2D eigenvalue weighted by Gasteiger charge is 2.19. The van der Waals surface area contributed by atoms with E-state index in [4.69, 9.17) is 9.47 Å². The molecule has 0 fully saturated rings. The van der Waals surface area contributed by atoms with Crippen LogP contribution in [-0.2, 0) is 4.74 Å². The van der Waals surface area contributed by atoms with E-state index in [0.29, 0.717) is 18.9 Å². The molecular formula is C18H20N2O3. The van der Waals surface area contributed by atoms with Crippen LogP contribution in [0.15, 0.2) is 24.4 Å². The quantitative estimate of drug-likeness (QED) is 0.723. The molecule has 0 unspecified atom stereocenters. The van der Waals surface area contributed by atoms with Gasteiger partial charge in [-0.05, 0) is 38.0 Å². The fraction of sp³-hybridized carbons (Fsp3) is 0.333. The lowest BCUT2D eigenvalue weighted by Crippen LogP contribution is -2.09. The largest absolute Gasteiger partial charge is 0.493 e. The molecule has 5 nitrogen and oxygen atoms in total. The predicted molar refractivity (Wildman–Crippen MR) is 90.1 cm³/mol. The molecule has 0 saturated heterocycles. The number of aromatic nitrogens is 2. The third-order valence-corrected chi connectivity index (χ3v) is 3.80. The SMILES string of the molecule is CCCOc1cccc2[nH]c3cnc(C(=O)OCC)c(C)c3c12. The Morgan fingerprint density at radius 2 is 2.04 bits per heavy atom. The van der Waals surface area contributed by atoms with E-state index in [2.05, 4.69) is 16.9 Å². The number of aromatic amines is 1. The summed E-state index contributed by atoms with van der Waals surface area (Å²) in [4.78, 5) is 19.7. The lowest BCUT2D eigenvalue weighted by atomic mass is 10.1. The molecule has 0 saturated carbocycles. The van der Waals surface area contributed by atoms with Gasteiger partial charge in [-0.1, -0.05) is 13.0 Å². The molecule has 0 aliphatic heterocycles. The number of carbonyl (C=O) groups excluding carboxylic acids is 1. The fourth-order valence-corrected chi connectivity index (χ4v) is 2.80. The highest BCUT2D eigenvalue weighted by atomic mass is 16.5. The second kappa shape index (κ2) is 6.28. The Morgan fingerprint density at radius 1 is 1.22 bits per heavy atom. The molecule has 5 heteroatoms. The summed E-state index contributed by atoms with van der Waals surface area (Å²) in [5.74, 6) is 0.424. The lowest BCUT2D eigenvalue weighted by Gasteiger charge is -2.08. The molecule has 3 aromatic rings. The number of ether oxygens (including phenoxy) is 2. The van der Waals surface area contributed by atoms with Gasteiger partial charge >= 0.3 is 5.97 Å². The van der Waals surface area contributed by atoms with Crippen LogP contribution in [0.4, 0.5) is 0 Å². The minimum absolute atomic E-state index is 0.330. The molecule has 0 aliphatic rings. The second-order valence-electron chi connectivity index (χ2n) is 5.39. The highest BCUT2D eigenvalue weighted by Crippen LogP contribution is 2.35. The maximum Gasteiger partial charge on any atom is 0.357 e. The van der Waals surface area contributed by atoms with Crippen molar-refractivity contribution in [2.45, 2.75) is 27.2 Å². The zero-order chi connectivity index (χ0) is 16.4. The summed E-state index contributed by atoms with van der Waals surface area (Å²) in [7, 11) is 0. The van der Waals surface area contributed by atoms with Gasteiger partial charge in [-0.2, -0.15) is 0 Å². The number of H-pyrrole nitrogens is 1. The van der Waals surface area contributed by atoms with Gasteiger partial charge in [0.1, 0.15) is 5.75 Å². The maximum atomic E-state index is 12.1. The summed E-state index contributed by atoms with van der Waals surface area (Å²) < 4.78 is 11.0. The molecule has 0 atom stereocenters. The summed E-state index contributed by atoms with van der Waals surface area (Å²) in [6, 6.07) is 5.91. The number of aryl methyl sites for hydroxylation is 1. The van der Waals surface area contributed by atoms with E-state index in [1.54, 1.807) is 13.1 Å². The fourth-order valence-electron chi connectivity index (χ4n) is 2.80. The molecule has 0 radical (unpaired) electrons. The third-order valence-electron chi connectivity index (χ3n) is 3.80. The minimum Gasteiger partial charge on any atom is -0.493 e. The van der Waals surface area contributed by atoms with Crippen LogP contribution in [0.25, 0.3) is 21.8 Å². The summed E-state index contributed by atoms with van der Waals surface area (Å²) >= 11 is 0. The van der Waals surface area contributed by atoms with Crippen LogP contribution < -0.4 is 4.74 Å². The zero-order valence-electron chi connectivity index (χ0n) is 13.6. The van der Waals surface area contributed by atoms with Crippen molar-refractivity contribution in [3.63, 3.8) is 0 Å². The van der Waals surface area contributed by atoms with Crippen molar-refractivity contribution < 1.29 is 14.3 Å². The number of carbonyl (C=O) groups is 1. The second-order valence-corrected chi connectivity index (χ2v) is 5.39. The van der Waals surface area contributed by atoms with E-state index in [-0.39, 0.29) is 0 Å². The first-order valence-corrected chi connectivity index (χ1v) is 7.87. The molecule has 0 amide bonds. The van der Waals surface area contributed by atoms with Gasteiger partial charge in [0.15, 0.2) is 5.69 Å². The third kappa shape index (κ3) is 2.63. The molecule has 2 heterocycles. The van der Waals surface area contributed by atoms with E-state index < -0.39 is 5.97 Å². The summed E-state index contributed by atoms with van der Waals surface area (Å²) in [6.07, 6.45) is 2.62. The number of fused-ring (bicyclic) bond motifs is 3. The van der Waals surface area contributed by atoms with E-state index >= 15 is 0 Å². The number of hydrogen-bond donors (Lipinski definition) is 1. The van der Waals surface area contributed by atoms with Crippen LogP contribution >= 0.6 is 0 Å². The van der Waals surface area contributed by atoms with Crippen LogP contribution in [0, 0.1) is 6.92 Å². The van der Waals surface area contributed by atoms with E-state index in [1.165, 1.54) is 0 Å². The topological polar surface area (TPSA) is 64.2 Å². The molecule has 1 aromatic carbocycles. The van der Waals surface area contributed by atoms with Gasteiger partial charge in [-0.15, -0.1) is 0 Å². The Balaban J connectivity index is 2.25. The Bertz CT molecular complexity index is 867. The summed E-state index contributed by atoms with van der Waals surface area (Å²) in [5.41, 5.74) is 3.02. The van der Waals surface area contributed by atoms with Crippen molar-refractivity contribution in [1.29, 1.82) is 0 Å². The number of nitrogens with one attached hydrogen (secondary N) is 1. The number of esters is 1. The number of pyridine rings is 1. The van der Waals surface area contributed by atoms with Crippen LogP contribution in [0.5, 0.6) is 5.75 Å². The average molecular weight is 312 g/mol. The summed E-state index contributed by atoms with van der Waals surface area (Å²) in [5, 5.41) is 1.95. The van der Waals surface area contributed by atoms with Gasteiger partial charge in [0.05, 0.1) is 30.4 Å². The van der Waals surface area contributed by atoms with Gasteiger partial charge < -0.3 is 14.5 Å². The van der Waals surface area contributed by atoms with Crippen molar-refractivity contribution in [2.75, 3.05) is 13.2 Å². The standard InChI is InChI=1S/C18H20N2O3/c1-4-9-23-14-8-6-7-12-16(14)15-11(3)17(18(21)22-5-2)19-10-13(15)20-12/h6-8,10,20H,4-5,9H2,1-3H3. The Hall–Kier alpha value is -2.56. The van der Waals surface area contributed by atoms with Gasteiger partial charge in [0.2, 0.25) is 0 Å². The number of hydrogen-bond acceptors (Lipinski definition) is 4. The molecule has 1 N–H and O–H groups in total. The van der Waals surface area contributed by atoms with Gasteiger partial charge in [0.25, 0.3) is 0 Å². The molecule has 0 aliphatic carbocycles. The molecule has 2 aromatic heterocycles. The normalized spacial score (nSPS) is 11.1. The zero-order valence-corrected chi connectivity index (χ0v) is 13.6. The van der Waals surface area contributed by atoms with E-state index in [0.717, 1.165) is 39.5 Å². The molecular weight excluding hydrogens is 292 g/mol. The van der Waals surface area contributed by atoms with Crippen molar-refractivity contribution in [2.24, 2.45) is 0 Å². The van der Waals surface area contributed by atoms with Crippen LogP contribution in [0.1, 0.15) is 36.3 Å². The van der Waals surface area contributed by atoms with Gasteiger partial charge in [0, 0.05) is 10.8 Å². The van der Waals surface area contributed by atoms with Crippen LogP contribution in [0.2, 0.25) is 0 Å². The van der Waals surface area contributed by atoms with Gasteiger partial charge in [-0.25, -0.2) is 9.78 Å². The van der Waals surface area contributed by atoms with Gasteiger partial charge in [-0.3, -0.25) is 0 Å². The van der Waals surface area contributed by atoms with Crippen LogP contribution in [0.3, 0.4) is 0 Å². The van der Waals surface area contributed by atoms with Crippen molar-refractivity contribution in [1.82, 2.24) is 9.97 Å². The van der Waals surface area contributed by atoms with Crippen LogP contribution in [-0.4, -0.2) is 29.2 Å². The molecule has 0 spiro atoms. The maximum absolute atomic E-state index is 12.1. The van der Waals surface area contributed by atoms with E-state index in [9.17, 15) is 4.79 Å². The first-order valence-electron chi connectivity index (χ1n) is 7.87. The first kappa shape index (κ1) is 15.3. The number of nitrogens with zero attached hydrogens (tertiary/aromatic N) is 1. The molecule has 23 heavy (non-hydrogen) atoms. The first-order chi connectivity index (χ1) is 11.2. The monoisotopic (exact) mass is 312 g/mol. The van der Waals surface area contributed by atoms with Crippen molar-refractivity contribution >= 4 is 27.8 Å². The predicted octanol–water partition coefficient (Wildman–Crippen LogP) is 3.99. The molecule has 3 rings (SSSR count).